The van der Waals surface area contributed by atoms with Crippen molar-refractivity contribution in [1.29, 1.82) is 0 Å². The zero-order chi connectivity index (χ0) is 21.7. The molecule has 160 valence electrons. The Morgan fingerprint density at radius 1 is 0.967 bits per heavy atom. The standard InChI is InChI=1S/C20H20F3N3O3S/c21-20(22,23)15-5-2-1-4-14(15)19(29)26-11-9-25(10-12-26)17(27)7-8-24-18(28)16-6-3-13-30-16/h1-6,13H,7-12H2,(H,24,28). The summed E-state index contributed by atoms with van der Waals surface area (Å²) in [4.78, 5) is 40.2. The Labute approximate surface area is 175 Å². The summed E-state index contributed by atoms with van der Waals surface area (Å²) < 4.78 is 39.5. The number of halogens is 3. The third-order valence-corrected chi connectivity index (χ3v) is 5.62. The molecule has 0 unspecified atom stereocenters. The topological polar surface area (TPSA) is 69.7 Å². The normalized spacial score (nSPS) is 14.5. The Balaban J connectivity index is 1.49. The van der Waals surface area contributed by atoms with Gasteiger partial charge in [-0.25, -0.2) is 0 Å². The molecule has 0 spiro atoms. The highest BCUT2D eigenvalue weighted by atomic mass is 32.1. The number of hydrogen-bond acceptors (Lipinski definition) is 4. The predicted molar refractivity (Wildman–Crippen MR) is 105 cm³/mol. The second kappa shape index (κ2) is 9.29. The average molecular weight is 439 g/mol. The van der Waals surface area contributed by atoms with Crippen molar-refractivity contribution in [3.05, 3.63) is 57.8 Å². The van der Waals surface area contributed by atoms with Crippen molar-refractivity contribution in [2.75, 3.05) is 32.7 Å². The number of amides is 3. The van der Waals surface area contributed by atoms with Crippen LogP contribution >= 0.6 is 11.3 Å². The minimum absolute atomic E-state index is 0.113. The van der Waals surface area contributed by atoms with E-state index in [1.807, 2.05) is 0 Å². The zero-order valence-electron chi connectivity index (χ0n) is 15.9. The Hall–Kier alpha value is -2.88. The molecule has 0 saturated carbocycles. The number of nitrogens with one attached hydrogen (secondary N) is 1. The van der Waals surface area contributed by atoms with Crippen LogP contribution in [0.25, 0.3) is 0 Å². The van der Waals surface area contributed by atoms with Crippen LogP contribution in [-0.4, -0.2) is 60.2 Å². The van der Waals surface area contributed by atoms with E-state index in [1.165, 1.54) is 34.4 Å². The molecular weight excluding hydrogens is 419 g/mol. The number of carbonyl (C=O) groups is 3. The molecule has 3 rings (SSSR count). The Morgan fingerprint density at radius 3 is 2.27 bits per heavy atom. The van der Waals surface area contributed by atoms with Gasteiger partial charge in [0.15, 0.2) is 0 Å². The van der Waals surface area contributed by atoms with Gasteiger partial charge < -0.3 is 15.1 Å². The quantitative estimate of drug-likeness (QED) is 0.779. The molecule has 6 nitrogen and oxygen atoms in total. The number of rotatable bonds is 5. The van der Waals surface area contributed by atoms with Crippen molar-refractivity contribution < 1.29 is 27.6 Å². The predicted octanol–water partition coefficient (Wildman–Crippen LogP) is 2.87. The maximum Gasteiger partial charge on any atom is 0.417 e. The highest BCUT2D eigenvalue weighted by Crippen LogP contribution is 2.32. The maximum atomic E-state index is 13.2. The van der Waals surface area contributed by atoms with Crippen LogP contribution in [0.1, 0.15) is 32.0 Å². The summed E-state index contributed by atoms with van der Waals surface area (Å²) in [7, 11) is 0. The molecule has 0 bridgehead atoms. The molecule has 1 aromatic heterocycles. The van der Waals surface area contributed by atoms with Gasteiger partial charge in [-0.15, -0.1) is 11.3 Å². The van der Waals surface area contributed by atoms with Crippen molar-refractivity contribution >= 4 is 29.1 Å². The van der Waals surface area contributed by atoms with Gasteiger partial charge in [-0.2, -0.15) is 13.2 Å². The number of carbonyl (C=O) groups excluding carboxylic acids is 3. The number of thiophene rings is 1. The van der Waals surface area contributed by atoms with E-state index in [2.05, 4.69) is 5.32 Å². The molecule has 0 aliphatic carbocycles. The van der Waals surface area contributed by atoms with Crippen LogP contribution in [-0.2, 0) is 11.0 Å². The molecule has 1 saturated heterocycles. The van der Waals surface area contributed by atoms with Crippen molar-refractivity contribution in [2.45, 2.75) is 12.6 Å². The lowest BCUT2D eigenvalue weighted by atomic mass is 10.1. The lowest BCUT2D eigenvalue weighted by molar-refractivity contribution is -0.138. The largest absolute Gasteiger partial charge is 0.417 e. The molecule has 2 aromatic rings. The number of nitrogens with zero attached hydrogens (tertiary/aromatic N) is 2. The van der Waals surface area contributed by atoms with E-state index >= 15 is 0 Å². The summed E-state index contributed by atoms with van der Waals surface area (Å²) in [5.74, 6) is -1.11. The highest BCUT2D eigenvalue weighted by molar-refractivity contribution is 7.12. The molecule has 10 heteroatoms. The van der Waals surface area contributed by atoms with Crippen molar-refractivity contribution in [1.82, 2.24) is 15.1 Å². The minimum Gasteiger partial charge on any atom is -0.351 e. The van der Waals surface area contributed by atoms with Gasteiger partial charge in [0.1, 0.15) is 0 Å². The fraction of sp³-hybridized carbons (Fsp3) is 0.350. The molecule has 1 aromatic carbocycles. The zero-order valence-corrected chi connectivity index (χ0v) is 16.8. The van der Waals surface area contributed by atoms with Crippen LogP contribution in [0.15, 0.2) is 41.8 Å². The van der Waals surface area contributed by atoms with Crippen LogP contribution in [0.5, 0.6) is 0 Å². The minimum atomic E-state index is -4.61. The number of piperazine rings is 1. The Morgan fingerprint density at radius 2 is 1.63 bits per heavy atom. The highest BCUT2D eigenvalue weighted by Gasteiger charge is 2.36. The monoisotopic (exact) mass is 439 g/mol. The first-order valence-electron chi connectivity index (χ1n) is 9.32. The number of benzene rings is 1. The fourth-order valence-corrected chi connectivity index (χ4v) is 3.82. The molecular formula is C20H20F3N3O3S. The summed E-state index contributed by atoms with van der Waals surface area (Å²) in [5.41, 5.74) is -1.35. The maximum absolute atomic E-state index is 13.2. The Bertz CT molecular complexity index is 908. The van der Waals surface area contributed by atoms with Crippen LogP contribution < -0.4 is 5.32 Å². The summed E-state index contributed by atoms with van der Waals surface area (Å²) in [6.07, 6.45) is -4.50. The van der Waals surface area contributed by atoms with Crippen LogP contribution in [0.4, 0.5) is 13.2 Å². The fourth-order valence-electron chi connectivity index (χ4n) is 3.18. The molecule has 2 heterocycles. The van der Waals surface area contributed by atoms with E-state index in [4.69, 9.17) is 0 Å². The molecule has 3 amide bonds. The van der Waals surface area contributed by atoms with E-state index in [0.29, 0.717) is 4.88 Å². The lowest BCUT2D eigenvalue weighted by Gasteiger charge is -2.35. The summed E-state index contributed by atoms with van der Waals surface area (Å²) in [6, 6.07) is 8.14. The van der Waals surface area contributed by atoms with Crippen molar-refractivity contribution in [3.63, 3.8) is 0 Å². The summed E-state index contributed by atoms with van der Waals surface area (Å²) in [6.45, 7) is 0.958. The lowest BCUT2D eigenvalue weighted by Crippen LogP contribution is -2.51. The van der Waals surface area contributed by atoms with E-state index in [1.54, 1.807) is 22.4 Å². The first kappa shape index (κ1) is 21.8. The number of hydrogen-bond donors (Lipinski definition) is 1. The van der Waals surface area contributed by atoms with E-state index in [-0.39, 0.29) is 56.5 Å². The molecule has 1 aliphatic rings. The molecule has 0 atom stereocenters. The molecule has 30 heavy (non-hydrogen) atoms. The van der Waals surface area contributed by atoms with Gasteiger partial charge in [0.25, 0.3) is 11.8 Å². The van der Waals surface area contributed by atoms with Crippen LogP contribution in [0.3, 0.4) is 0 Å². The first-order chi connectivity index (χ1) is 14.3. The molecule has 1 N–H and O–H groups in total. The smallest absolute Gasteiger partial charge is 0.351 e. The SMILES string of the molecule is O=C(NCCC(=O)N1CCN(C(=O)c2ccccc2C(F)(F)F)CC1)c1cccs1. The van der Waals surface area contributed by atoms with Gasteiger partial charge in [0, 0.05) is 39.1 Å². The van der Waals surface area contributed by atoms with Crippen LogP contribution in [0.2, 0.25) is 0 Å². The van der Waals surface area contributed by atoms with E-state index in [0.717, 1.165) is 6.07 Å². The van der Waals surface area contributed by atoms with Gasteiger partial charge in [0.05, 0.1) is 16.0 Å². The summed E-state index contributed by atoms with van der Waals surface area (Å²) >= 11 is 1.31. The average Bonchev–Trinajstić information content (AvgIpc) is 3.27. The molecule has 1 fully saturated rings. The van der Waals surface area contributed by atoms with Crippen molar-refractivity contribution in [3.8, 4) is 0 Å². The van der Waals surface area contributed by atoms with E-state index in [9.17, 15) is 27.6 Å². The summed E-state index contributed by atoms with van der Waals surface area (Å²) in [5, 5.41) is 4.46. The Kier molecular flexibility index (Phi) is 6.76. The van der Waals surface area contributed by atoms with Crippen LogP contribution in [0, 0.1) is 0 Å². The van der Waals surface area contributed by atoms with Gasteiger partial charge in [-0.1, -0.05) is 18.2 Å². The van der Waals surface area contributed by atoms with Gasteiger partial charge in [0.2, 0.25) is 5.91 Å². The van der Waals surface area contributed by atoms with Gasteiger partial charge in [-0.05, 0) is 23.6 Å². The second-order valence-electron chi connectivity index (χ2n) is 6.70. The van der Waals surface area contributed by atoms with Gasteiger partial charge >= 0.3 is 6.18 Å². The van der Waals surface area contributed by atoms with E-state index < -0.39 is 17.6 Å². The first-order valence-corrected chi connectivity index (χ1v) is 10.2. The third-order valence-electron chi connectivity index (χ3n) is 4.75. The number of alkyl halides is 3. The molecule has 0 radical (unpaired) electrons. The molecule has 1 aliphatic heterocycles. The second-order valence-corrected chi connectivity index (χ2v) is 7.65. The van der Waals surface area contributed by atoms with Crippen molar-refractivity contribution in [2.24, 2.45) is 0 Å². The third kappa shape index (κ3) is 5.18. The van der Waals surface area contributed by atoms with Gasteiger partial charge in [-0.3, -0.25) is 14.4 Å².